The van der Waals surface area contributed by atoms with Crippen molar-refractivity contribution >= 4 is 5.69 Å². The van der Waals surface area contributed by atoms with Crippen LogP contribution in [0, 0.1) is 0 Å². The van der Waals surface area contributed by atoms with Crippen LogP contribution in [0.2, 0.25) is 0 Å². The first-order valence-electron chi connectivity index (χ1n) is 9.02. The standard InChI is InChI=1S/C21H29NO3/c1-4-18-10-12-19(13-11-18)25-17(3)16-22-20-8-6-7-9-21(20)24-15-14-23-5-2/h6-13,17,22H,4-5,14-16H2,1-3H3. The molecule has 2 rings (SSSR count). The molecule has 0 amide bonds. The Labute approximate surface area is 151 Å². The summed E-state index contributed by atoms with van der Waals surface area (Å²) in [5.41, 5.74) is 2.28. The number of hydrogen-bond acceptors (Lipinski definition) is 4. The summed E-state index contributed by atoms with van der Waals surface area (Å²) in [6, 6.07) is 16.2. The maximum atomic E-state index is 5.97. The van der Waals surface area contributed by atoms with E-state index in [0.29, 0.717) is 26.4 Å². The smallest absolute Gasteiger partial charge is 0.142 e. The van der Waals surface area contributed by atoms with Crippen molar-refractivity contribution in [2.75, 3.05) is 31.7 Å². The van der Waals surface area contributed by atoms with E-state index in [9.17, 15) is 0 Å². The van der Waals surface area contributed by atoms with Gasteiger partial charge in [0.1, 0.15) is 24.2 Å². The summed E-state index contributed by atoms with van der Waals surface area (Å²) in [6.45, 7) is 8.72. The highest BCUT2D eigenvalue weighted by atomic mass is 16.5. The Bertz CT molecular complexity index is 613. The first-order chi connectivity index (χ1) is 12.2. The monoisotopic (exact) mass is 343 g/mol. The van der Waals surface area contributed by atoms with Gasteiger partial charge in [-0.3, -0.25) is 0 Å². The van der Waals surface area contributed by atoms with Crippen LogP contribution in [0.5, 0.6) is 11.5 Å². The Morgan fingerprint density at radius 1 is 0.960 bits per heavy atom. The van der Waals surface area contributed by atoms with Crippen molar-refractivity contribution in [2.24, 2.45) is 0 Å². The topological polar surface area (TPSA) is 39.7 Å². The van der Waals surface area contributed by atoms with Crippen molar-refractivity contribution in [3.63, 3.8) is 0 Å². The van der Waals surface area contributed by atoms with Gasteiger partial charge in [0.05, 0.1) is 18.8 Å². The number of nitrogens with one attached hydrogen (secondary N) is 1. The zero-order valence-electron chi connectivity index (χ0n) is 15.5. The summed E-state index contributed by atoms with van der Waals surface area (Å²) in [5.74, 6) is 1.73. The molecule has 0 spiro atoms. The van der Waals surface area contributed by atoms with E-state index in [0.717, 1.165) is 23.6 Å². The molecule has 0 saturated heterocycles. The van der Waals surface area contributed by atoms with Gasteiger partial charge in [-0.15, -0.1) is 0 Å². The number of rotatable bonds is 11. The molecule has 0 aliphatic carbocycles. The zero-order chi connectivity index (χ0) is 17.9. The second kappa shape index (κ2) is 10.6. The van der Waals surface area contributed by atoms with E-state index in [1.54, 1.807) is 0 Å². The van der Waals surface area contributed by atoms with Crippen molar-refractivity contribution in [3.8, 4) is 11.5 Å². The van der Waals surface area contributed by atoms with Crippen molar-refractivity contribution in [3.05, 3.63) is 54.1 Å². The van der Waals surface area contributed by atoms with Crippen LogP contribution in [0.25, 0.3) is 0 Å². The van der Waals surface area contributed by atoms with E-state index in [1.807, 2.05) is 43.3 Å². The molecular weight excluding hydrogens is 314 g/mol. The van der Waals surface area contributed by atoms with Crippen LogP contribution in [-0.2, 0) is 11.2 Å². The summed E-state index contributed by atoms with van der Waals surface area (Å²) >= 11 is 0. The third-order valence-electron chi connectivity index (χ3n) is 3.83. The van der Waals surface area contributed by atoms with Crippen molar-refractivity contribution < 1.29 is 14.2 Å². The Morgan fingerprint density at radius 2 is 1.72 bits per heavy atom. The molecule has 1 N–H and O–H groups in total. The molecule has 136 valence electrons. The molecule has 0 heterocycles. The minimum absolute atomic E-state index is 0.0453. The van der Waals surface area contributed by atoms with Crippen LogP contribution in [0.4, 0.5) is 5.69 Å². The minimum atomic E-state index is 0.0453. The number of benzene rings is 2. The van der Waals surface area contributed by atoms with Gasteiger partial charge in [0.2, 0.25) is 0 Å². The maximum absolute atomic E-state index is 5.97. The summed E-state index contributed by atoms with van der Waals surface area (Å²) in [5, 5.41) is 3.41. The summed E-state index contributed by atoms with van der Waals surface area (Å²) < 4.78 is 17.1. The average molecular weight is 343 g/mol. The van der Waals surface area contributed by atoms with Crippen molar-refractivity contribution in [2.45, 2.75) is 33.3 Å². The van der Waals surface area contributed by atoms with E-state index in [1.165, 1.54) is 5.56 Å². The fourth-order valence-electron chi connectivity index (χ4n) is 2.42. The molecule has 0 aliphatic rings. The first-order valence-corrected chi connectivity index (χ1v) is 9.02. The molecule has 2 aromatic rings. The van der Waals surface area contributed by atoms with Gasteiger partial charge in [-0.05, 0) is 50.1 Å². The number of anilines is 1. The lowest BCUT2D eigenvalue weighted by molar-refractivity contribution is 0.110. The molecule has 1 atom stereocenters. The van der Waals surface area contributed by atoms with E-state index < -0.39 is 0 Å². The lowest BCUT2D eigenvalue weighted by atomic mass is 10.2. The molecule has 2 aromatic carbocycles. The van der Waals surface area contributed by atoms with Gasteiger partial charge in [0.15, 0.2) is 0 Å². The normalized spacial score (nSPS) is 11.8. The Balaban J connectivity index is 1.83. The number of ether oxygens (including phenoxy) is 3. The fourth-order valence-corrected chi connectivity index (χ4v) is 2.42. The quantitative estimate of drug-likeness (QED) is 0.608. The first kappa shape index (κ1) is 19.1. The highest BCUT2D eigenvalue weighted by Gasteiger charge is 2.07. The van der Waals surface area contributed by atoms with Crippen LogP contribution in [-0.4, -0.2) is 32.5 Å². The van der Waals surface area contributed by atoms with Gasteiger partial charge < -0.3 is 19.5 Å². The van der Waals surface area contributed by atoms with Gasteiger partial charge in [0, 0.05) is 6.61 Å². The third-order valence-corrected chi connectivity index (χ3v) is 3.83. The van der Waals surface area contributed by atoms with Gasteiger partial charge in [-0.25, -0.2) is 0 Å². The highest BCUT2D eigenvalue weighted by Crippen LogP contribution is 2.24. The third kappa shape index (κ3) is 6.67. The van der Waals surface area contributed by atoms with Crippen LogP contribution < -0.4 is 14.8 Å². The molecule has 0 fully saturated rings. The number of hydrogen-bond donors (Lipinski definition) is 1. The zero-order valence-corrected chi connectivity index (χ0v) is 15.5. The van der Waals surface area contributed by atoms with E-state index >= 15 is 0 Å². The predicted molar refractivity (Wildman–Crippen MR) is 103 cm³/mol. The molecular formula is C21H29NO3. The molecule has 0 bridgehead atoms. The number of para-hydroxylation sites is 2. The summed E-state index contributed by atoms with van der Waals surface area (Å²) in [6.07, 6.45) is 1.08. The second-order valence-electron chi connectivity index (χ2n) is 5.85. The lowest BCUT2D eigenvalue weighted by Gasteiger charge is -2.18. The lowest BCUT2D eigenvalue weighted by Crippen LogP contribution is -2.23. The molecule has 1 unspecified atom stereocenters. The van der Waals surface area contributed by atoms with Crippen LogP contribution in [0.3, 0.4) is 0 Å². The molecule has 0 radical (unpaired) electrons. The van der Waals surface area contributed by atoms with Gasteiger partial charge in [-0.1, -0.05) is 31.2 Å². The molecule has 0 aliphatic heterocycles. The molecule has 4 heteroatoms. The van der Waals surface area contributed by atoms with Crippen LogP contribution in [0.15, 0.2) is 48.5 Å². The van der Waals surface area contributed by atoms with Crippen LogP contribution in [0.1, 0.15) is 26.3 Å². The maximum Gasteiger partial charge on any atom is 0.142 e. The van der Waals surface area contributed by atoms with Gasteiger partial charge in [0.25, 0.3) is 0 Å². The van der Waals surface area contributed by atoms with Gasteiger partial charge >= 0.3 is 0 Å². The second-order valence-corrected chi connectivity index (χ2v) is 5.85. The fraction of sp³-hybridized carbons (Fsp3) is 0.429. The van der Waals surface area contributed by atoms with E-state index in [4.69, 9.17) is 14.2 Å². The summed E-state index contributed by atoms with van der Waals surface area (Å²) in [4.78, 5) is 0. The van der Waals surface area contributed by atoms with Crippen molar-refractivity contribution in [1.82, 2.24) is 0 Å². The van der Waals surface area contributed by atoms with E-state index in [-0.39, 0.29) is 6.10 Å². The number of aryl methyl sites for hydroxylation is 1. The molecule has 0 saturated carbocycles. The largest absolute Gasteiger partial charge is 0.489 e. The summed E-state index contributed by atoms with van der Waals surface area (Å²) in [7, 11) is 0. The molecule has 0 aromatic heterocycles. The Kier molecular flexibility index (Phi) is 8.13. The molecule has 25 heavy (non-hydrogen) atoms. The highest BCUT2D eigenvalue weighted by molar-refractivity contribution is 5.56. The SMILES string of the molecule is CCOCCOc1ccccc1NCC(C)Oc1ccc(CC)cc1. The molecule has 4 nitrogen and oxygen atoms in total. The Hall–Kier alpha value is -2.20. The van der Waals surface area contributed by atoms with Crippen molar-refractivity contribution in [1.29, 1.82) is 0 Å². The minimum Gasteiger partial charge on any atom is -0.489 e. The van der Waals surface area contributed by atoms with Gasteiger partial charge in [-0.2, -0.15) is 0 Å². The van der Waals surface area contributed by atoms with E-state index in [2.05, 4.69) is 31.3 Å². The average Bonchev–Trinajstić information content (AvgIpc) is 2.65. The van der Waals surface area contributed by atoms with Crippen LogP contribution >= 0.6 is 0 Å². The Morgan fingerprint density at radius 3 is 2.44 bits per heavy atom. The predicted octanol–water partition coefficient (Wildman–Crippen LogP) is 4.54.